The van der Waals surface area contributed by atoms with E-state index >= 15 is 0 Å². The van der Waals surface area contributed by atoms with E-state index in [1.54, 1.807) is 6.20 Å². The maximum Gasteiger partial charge on any atom is 0.315 e. The maximum atomic E-state index is 12.1. The minimum absolute atomic E-state index is 0.00760. The molecule has 0 unspecified atom stereocenters. The van der Waals surface area contributed by atoms with Crippen molar-refractivity contribution in [2.45, 2.75) is 58.0 Å². The van der Waals surface area contributed by atoms with E-state index in [2.05, 4.69) is 21.0 Å². The molecule has 0 bridgehead atoms. The van der Waals surface area contributed by atoms with Gasteiger partial charge in [-0.1, -0.05) is 26.7 Å². The van der Waals surface area contributed by atoms with Gasteiger partial charge in [-0.2, -0.15) is 5.10 Å². The SMILES string of the molecule is CC(C)C(=O)NCCCNC(=O)N[C@@H]1CCCC[C@@H]1n1cccn1. The molecule has 1 heterocycles. The van der Waals surface area contributed by atoms with E-state index < -0.39 is 0 Å². The molecule has 1 aliphatic carbocycles. The molecule has 0 aromatic carbocycles. The van der Waals surface area contributed by atoms with Crippen molar-refractivity contribution in [3.8, 4) is 0 Å². The minimum atomic E-state index is -0.144. The summed E-state index contributed by atoms with van der Waals surface area (Å²) in [5.74, 6) is 0.0375. The molecular weight excluding hydrogens is 306 g/mol. The third-order valence-corrected chi connectivity index (χ3v) is 4.37. The zero-order chi connectivity index (χ0) is 17.4. The number of aromatic nitrogens is 2. The van der Waals surface area contributed by atoms with Gasteiger partial charge >= 0.3 is 6.03 Å². The van der Waals surface area contributed by atoms with Gasteiger partial charge in [0.05, 0.1) is 12.1 Å². The molecule has 7 heteroatoms. The number of hydrogen-bond donors (Lipinski definition) is 3. The lowest BCUT2D eigenvalue weighted by Gasteiger charge is -2.32. The van der Waals surface area contributed by atoms with Crippen LogP contribution in [0.3, 0.4) is 0 Å². The van der Waals surface area contributed by atoms with Crippen molar-refractivity contribution < 1.29 is 9.59 Å². The first-order chi connectivity index (χ1) is 11.6. The first kappa shape index (κ1) is 18.3. The van der Waals surface area contributed by atoms with E-state index in [4.69, 9.17) is 0 Å². The normalized spacial score (nSPS) is 20.6. The highest BCUT2D eigenvalue weighted by atomic mass is 16.2. The second kappa shape index (κ2) is 9.30. The van der Waals surface area contributed by atoms with Gasteiger partial charge in [-0.15, -0.1) is 0 Å². The summed E-state index contributed by atoms with van der Waals surface area (Å²) in [6, 6.07) is 2.11. The zero-order valence-corrected chi connectivity index (χ0v) is 14.6. The van der Waals surface area contributed by atoms with Crippen LogP contribution in [0.25, 0.3) is 0 Å². The van der Waals surface area contributed by atoms with E-state index in [9.17, 15) is 9.59 Å². The number of nitrogens with one attached hydrogen (secondary N) is 3. The summed E-state index contributed by atoms with van der Waals surface area (Å²) in [6.07, 6.45) is 8.76. The summed E-state index contributed by atoms with van der Waals surface area (Å²) in [5.41, 5.74) is 0. The summed E-state index contributed by atoms with van der Waals surface area (Å²) in [7, 11) is 0. The molecule has 2 rings (SSSR count). The van der Waals surface area contributed by atoms with Gasteiger partial charge in [-0.3, -0.25) is 9.48 Å². The Morgan fingerprint density at radius 2 is 1.96 bits per heavy atom. The molecule has 0 spiro atoms. The smallest absolute Gasteiger partial charge is 0.315 e. The summed E-state index contributed by atoms with van der Waals surface area (Å²) in [5, 5.41) is 13.1. The Labute approximate surface area is 143 Å². The van der Waals surface area contributed by atoms with Gasteiger partial charge in [0, 0.05) is 31.4 Å². The molecule has 0 radical (unpaired) electrons. The third-order valence-electron chi connectivity index (χ3n) is 4.37. The predicted octanol–water partition coefficient (Wildman–Crippen LogP) is 1.83. The topological polar surface area (TPSA) is 88.0 Å². The zero-order valence-electron chi connectivity index (χ0n) is 14.6. The average molecular weight is 335 g/mol. The van der Waals surface area contributed by atoms with Crippen LogP contribution < -0.4 is 16.0 Å². The second-order valence-corrected chi connectivity index (χ2v) is 6.64. The maximum absolute atomic E-state index is 12.1. The van der Waals surface area contributed by atoms with Crippen LogP contribution in [0.2, 0.25) is 0 Å². The van der Waals surface area contributed by atoms with Crippen molar-refractivity contribution in [2.24, 2.45) is 5.92 Å². The Hall–Kier alpha value is -2.05. The highest BCUT2D eigenvalue weighted by Crippen LogP contribution is 2.27. The highest BCUT2D eigenvalue weighted by molar-refractivity contribution is 5.77. The molecule has 7 nitrogen and oxygen atoms in total. The van der Waals surface area contributed by atoms with Gasteiger partial charge in [-0.25, -0.2) is 4.79 Å². The van der Waals surface area contributed by atoms with Gasteiger partial charge in [-0.05, 0) is 25.3 Å². The first-order valence-electron chi connectivity index (χ1n) is 8.89. The van der Waals surface area contributed by atoms with E-state index in [1.165, 1.54) is 6.42 Å². The van der Waals surface area contributed by atoms with E-state index in [-0.39, 0.29) is 29.9 Å². The Morgan fingerprint density at radius 3 is 2.67 bits per heavy atom. The molecule has 1 aromatic rings. The number of amides is 3. The molecule has 134 valence electrons. The number of rotatable bonds is 7. The minimum Gasteiger partial charge on any atom is -0.356 e. The molecule has 1 fully saturated rings. The molecule has 2 atom stereocenters. The predicted molar refractivity (Wildman–Crippen MR) is 92.5 cm³/mol. The van der Waals surface area contributed by atoms with Gasteiger partial charge in [0.1, 0.15) is 0 Å². The number of nitrogens with zero attached hydrogens (tertiary/aromatic N) is 2. The fourth-order valence-corrected chi connectivity index (χ4v) is 3.00. The third kappa shape index (κ3) is 5.54. The quantitative estimate of drug-likeness (QED) is 0.664. The number of carbonyl (C=O) groups is 2. The molecule has 0 saturated heterocycles. The molecule has 1 saturated carbocycles. The van der Waals surface area contributed by atoms with Crippen molar-refractivity contribution >= 4 is 11.9 Å². The Bertz CT molecular complexity index is 515. The summed E-state index contributed by atoms with van der Waals surface area (Å²) in [6.45, 7) is 4.85. The van der Waals surface area contributed by atoms with E-state index in [1.807, 2.05) is 30.8 Å². The lowest BCUT2D eigenvalue weighted by Crippen LogP contribution is -2.47. The van der Waals surface area contributed by atoms with Gasteiger partial charge in [0.2, 0.25) is 5.91 Å². The molecule has 0 aliphatic heterocycles. The second-order valence-electron chi connectivity index (χ2n) is 6.64. The lowest BCUT2D eigenvalue weighted by atomic mass is 9.90. The Morgan fingerprint density at radius 1 is 1.21 bits per heavy atom. The van der Waals surface area contributed by atoms with Crippen LogP contribution in [0, 0.1) is 5.92 Å². The fourth-order valence-electron chi connectivity index (χ4n) is 3.00. The van der Waals surface area contributed by atoms with Crippen LogP contribution in [-0.4, -0.2) is 40.9 Å². The molecule has 24 heavy (non-hydrogen) atoms. The van der Waals surface area contributed by atoms with Crippen molar-refractivity contribution in [2.75, 3.05) is 13.1 Å². The van der Waals surface area contributed by atoms with Gasteiger partial charge < -0.3 is 16.0 Å². The van der Waals surface area contributed by atoms with Crippen molar-refractivity contribution in [3.63, 3.8) is 0 Å². The molecule has 3 amide bonds. The van der Waals surface area contributed by atoms with Crippen molar-refractivity contribution in [1.82, 2.24) is 25.7 Å². The molecule has 1 aliphatic rings. The highest BCUT2D eigenvalue weighted by Gasteiger charge is 2.27. The van der Waals surface area contributed by atoms with Crippen LogP contribution in [0.5, 0.6) is 0 Å². The average Bonchev–Trinajstić information content (AvgIpc) is 3.09. The van der Waals surface area contributed by atoms with Crippen LogP contribution in [0.4, 0.5) is 4.79 Å². The largest absolute Gasteiger partial charge is 0.356 e. The van der Waals surface area contributed by atoms with Crippen molar-refractivity contribution in [1.29, 1.82) is 0 Å². The summed E-state index contributed by atoms with van der Waals surface area (Å²) >= 11 is 0. The van der Waals surface area contributed by atoms with E-state index in [0.717, 1.165) is 25.7 Å². The van der Waals surface area contributed by atoms with Crippen LogP contribution in [0.1, 0.15) is 52.0 Å². The summed E-state index contributed by atoms with van der Waals surface area (Å²) < 4.78 is 1.95. The lowest BCUT2D eigenvalue weighted by molar-refractivity contribution is -0.123. The standard InChI is InChI=1S/C17H29N5O2/c1-13(2)16(23)18-9-5-10-19-17(24)21-14-7-3-4-8-15(14)22-12-6-11-20-22/h6,11-15H,3-5,7-10H2,1-2H3,(H,18,23)(H2,19,21,24)/t14-,15+/m1/s1. The van der Waals surface area contributed by atoms with Crippen LogP contribution >= 0.6 is 0 Å². The van der Waals surface area contributed by atoms with Gasteiger partial charge in [0.25, 0.3) is 0 Å². The molecule has 1 aromatic heterocycles. The van der Waals surface area contributed by atoms with E-state index in [0.29, 0.717) is 13.1 Å². The molecule has 3 N–H and O–H groups in total. The number of carbonyl (C=O) groups excluding carboxylic acids is 2. The first-order valence-corrected chi connectivity index (χ1v) is 8.89. The monoisotopic (exact) mass is 335 g/mol. The van der Waals surface area contributed by atoms with Crippen molar-refractivity contribution in [3.05, 3.63) is 18.5 Å². The van der Waals surface area contributed by atoms with Gasteiger partial charge in [0.15, 0.2) is 0 Å². The fraction of sp³-hybridized carbons (Fsp3) is 0.706. The summed E-state index contributed by atoms with van der Waals surface area (Å²) in [4.78, 5) is 23.5. The van der Waals surface area contributed by atoms with Crippen LogP contribution in [0.15, 0.2) is 18.5 Å². The Balaban J connectivity index is 1.68. The molecular formula is C17H29N5O2. The number of hydrogen-bond acceptors (Lipinski definition) is 3. The number of urea groups is 1. The van der Waals surface area contributed by atoms with Crippen LogP contribution in [-0.2, 0) is 4.79 Å². The Kier molecular flexibility index (Phi) is 7.08.